The van der Waals surface area contributed by atoms with Gasteiger partial charge in [-0.25, -0.2) is 14.4 Å². The number of H-pyrrole nitrogens is 1. The Morgan fingerprint density at radius 3 is 2.63 bits per heavy atom. The smallest absolute Gasteiger partial charge is 0.174 e. The first-order valence-corrected chi connectivity index (χ1v) is 5.80. The summed E-state index contributed by atoms with van der Waals surface area (Å²) in [6, 6.07) is 5.90. The van der Waals surface area contributed by atoms with Crippen molar-refractivity contribution in [3.63, 3.8) is 0 Å². The number of nitrogens with zero attached hydrogens (tertiary/aromatic N) is 3. The normalized spacial score (nSPS) is 12.8. The molecule has 0 amide bonds. The molecule has 6 heteroatoms. The second-order valence-corrected chi connectivity index (χ2v) is 4.24. The molecular weight excluding hydrogens is 247 g/mol. The number of aromatic amines is 1. The van der Waals surface area contributed by atoms with Gasteiger partial charge in [0.2, 0.25) is 0 Å². The highest BCUT2D eigenvalue weighted by molar-refractivity contribution is 5.74. The number of rotatable bonds is 2. The van der Waals surface area contributed by atoms with Crippen LogP contribution in [0.4, 0.5) is 4.39 Å². The van der Waals surface area contributed by atoms with E-state index in [4.69, 9.17) is 0 Å². The summed E-state index contributed by atoms with van der Waals surface area (Å²) in [6.07, 6.45) is 0.773. The van der Waals surface area contributed by atoms with Gasteiger partial charge in [-0.1, -0.05) is 0 Å². The number of aromatic nitrogens is 4. The van der Waals surface area contributed by atoms with Gasteiger partial charge in [-0.15, -0.1) is 0 Å². The van der Waals surface area contributed by atoms with Crippen LogP contribution in [0.5, 0.6) is 0 Å². The van der Waals surface area contributed by atoms with Gasteiger partial charge in [0.25, 0.3) is 0 Å². The molecule has 0 saturated carbocycles. The van der Waals surface area contributed by atoms with Crippen molar-refractivity contribution in [1.82, 2.24) is 20.2 Å². The average molecular weight is 258 g/mol. The number of aliphatic hydroxyl groups excluding tert-OH is 1. The summed E-state index contributed by atoms with van der Waals surface area (Å²) in [5.41, 5.74) is 2.78. The van der Waals surface area contributed by atoms with Crippen molar-refractivity contribution in [2.24, 2.45) is 0 Å². The van der Waals surface area contributed by atoms with E-state index >= 15 is 0 Å². The number of fused-ring (bicyclic) bond motifs is 1. The molecule has 0 fully saturated rings. The number of nitrogens with one attached hydrogen (secondary N) is 1. The van der Waals surface area contributed by atoms with E-state index in [0.717, 1.165) is 0 Å². The Kier molecular flexibility index (Phi) is 2.72. The number of hydrogen-bond acceptors (Lipinski definition) is 4. The van der Waals surface area contributed by atoms with E-state index in [9.17, 15) is 9.50 Å². The molecule has 2 aromatic heterocycles. The molecule has 2 heterocycles. The number of benzene rings is 1. The fraction of sp³-hybridized carbons (Fsp3) is 0.154. The fourth-order valence-electron chi connectivity index (χ4n) is 1.90. The van der Waals surface area contributed by atoms with Crippen LogP contribution in [0.3, 0.4) is 0 Å². The maximum Gasteiger partial charge on any atom is 0.174 e. The Morgan fingerprint density at radius 1 is 1.21 bits per heavy atom. The monoisotopic (exact) mass is 258 g/mol. The summed E-state index contributed by atoms with van der Waals surface area (Å²) < 4.78 is 13.0. The van der Waals surface area contributed by atoms with Crippen LogP contribution in [0.2, 0.25) is 0 Å². The van der Waals surface area contributed by atoms with E-state index in [1.165, 1.54) is 12.1 Å². The number of hydrogen-bond donors (Lipinski definition) is 2. The Hall–Kier alpha value is -2.34. The van der Waals surface area contributed by atoms with Gasteiger partial charge in [0.1, 0.15) is 11.3 Å². The molecule has 3 rings (SSSR count). The van der Waals surface area contributed by atoms with Crippen molar-refractivity contribution in [1.29, 1.82) is 0 Å². The van der Waals surface area contributed by atoms with E-state index in [1.807, 2.05) is 0 Å². The summed E-state index contributed by atoms with van der Waals surface area (Å²) in [6.45, 7) is 1.61. The highest BCUT2D eigenvalue weighted by Crippen LogP contribution is 2.26. The van der Waals surface area contributed by atoms with Crippen molar-refractivity contribution < 1.29 is 9.50 Å². The SMILES string of the molecule is CC(O)c1nc2cn[nH]c2nc1-c1ccc(F)cc1. The molecule has 96 valence electrons. The lowest BCUT2D eigenvalue weighted by Crippen LogP contribution is -2.02. The van der Waals surface area contributed by atoms with Crippen LogP contribution in [0, 0.1) is 5.82 Å². The van der Waals surface area contributed by atoms with Gasteiger partial charge in [-0.05, 0) is 31.2 Å². The predicted molar refractivity (Wildman–Crippen MR) is 67.7 cm³/mol. The Morgan fingerprint density at radius 2 is 1.95 bits per heavy atom. The summed E-state index contributed by atoms with van der Waals surface area (Å²) >= 11 is 0. The zero-order valence-corrected chi connectivity index (χ0v) is 10.1. The summed E-state index contributed by atoms with van der Waals surface area (Å²) in [5, 5.41) is 16.4. The van der Waals surface area contributed by atoms with Gasteiger partial charge in [0, 0.05) is 5.56 Å². The first-order chi connectivity index (χ1) is 9.15. The minimum atomic E-state index is -0.771. The maximum absolute atomic E-state index is 13.0. The highest BCUT2D eigenvalue weighted by atomic mass is 19.1. The molecule has 0 aliphatic heterocycles. The molecule has 3 aromatic rings. The molecule has 0 spiro atoms. The van der Waals surface area contributed by atoms with Gasteiger partial charge in [-0.3, -0.25) is 5.10 Å². The van der Waals surface area contributed by atoms with Crippen molar-refractivity contribution in [3.8, 4) is 11.3 Å². The summed E-state index contributed by atoms with van der Waals surface area (Å²) in [4.78, 5) is 8.73. The fourth-order valence-corrected chi connectivity index (χ4v) is 1.90. The van der Waals surface area contributed by atoms with Gasteiger partial charge >= 0.3 is 0 Å². The zero-order chi connectivity index (χ0) is 13.4. The lowest BCUT2D eigenvalue weighted by molar-refractivity contribution is 0.195. The summed E-state index contributed by atoms with van der Waals surface area (Å²) in [7, 11) is 0. The molecular formula is C13H11FN4O. The molecule has 0 radical (unpaired) electrons. The van der Waals surface area contributed by atoms with Crippen LogP contribution in [0.15, 0.2) is 30.5 Å². The average Bonchev–Trinajstić information content (AvgIpc) is 2.85. The van der Waals surface area contributed by atoms with Crippen molar-refractivity contribution >= 4 is 11.2 Å². The third kappa shape index (κ3) is 2.06. The van der Waals surface area contributed by atoms with E-state index in [0.29, 0.717) is 28.1 Å². The first kappa shape index (κ1) is 11.7. The second kappa shape index (κ2) is 4.40. The minimum Gasteiger partial charge on any atom is -0.387 e. The van der Waals surface area contributed by atoms with E-state index < -0.39 is 6.10 Å². The quantitative estimate of drug-likeness (QED) is 0.739. The van der Waals surface area contributed by atoms with E-state index in [2.05, 4.69) is 20.2 Å². The van der Waals surface area contributed by atoms with Crippen LogP contribution < -0.4 is 0 Å². The molecule has 19 heavy (non-hydrogen) atoms. The van der Waals surface area contributed by atoms with Crippen molar-refractivity contribution in [2.45, 2.75) is 13.0 Å². The van der Waals surface area contributed by atoms with Gasteiger partial charge < -0.3 is 5.11 Å². The van der Waals surface area contributed by atoms with Crippen molar-refractivity contribution in [3.05, 3.63) is 42.0 Å². The third-order valence-electron chi connectivity index (χ3n) is 2.82. The van der Waals surface area contributed by atoms with Crippen LogP contribution in [0.1, 0.15) is 18.7 Å². The lowest BCUT2D eigenvalue weighted by atomic mass is 10.1. The number of halogens is 1. The molecule has 1 aromatic carbocycles. The van der Waals surface area contributed by atoms with Crippen molar-refractivity contribution in [2.75, 3.05) is 0 Å². The molecule has 0 aliphatic carbocycles. The molecule has 1 atom stereocenters. The molecule has 0 aliphatic rings. The van der Waals surface area contributed by atoms with E-state index in [1.54, 1.807) is 25.3 Å². The molecule has 5 nitrogen and oxygen atoms in total. The highest BCUT2D eigenvalue weighted by Gasteiger charge is 2.15. The topological polar surface area (TPSA) is 74.7 Å². The molecule has 0 saturated heterocycles. The Labute approximate surface area is 108 Å². The van der Waals surface area contributed by atoms with Crippen LogP contribution >= 0.6 is 0 Å². The number of aliphatic hydroxyl groups is 1. The molecule has 0 bridgehead atoms. The third-order valence-corrected chi connectivity index (χ3v) is 2.82. The van der Waals surface area contributed by atoms with E-state index in [-0.39, 0.29) is 5.82 Å². The maximum atomic E-state index is 13.0. The standard InChI is InChI=1S/C13H11FN4O/c1-7(19)11-12(8-2-4-9(14)5-3-8)17-13-10(16-11)6-15-18-13/h2-7,19H,1H3,(H,15,17,18). The van der Waals surface area contributed by atoms with Gasteiger partial charge in [-0.2, -0.15) is 5.10 Å². The van der Waals surface area contributed by atoms with Crippen LogP contribution in [-0.4, -0.2) is 25.3 Å². The predicted octanol–water partition coefficient (Wildman–Crippen LogP) is 2.21. The van der Waals surface area contributed by atoms with Crippen LogP contribution in [-0.2, 0) is 0 Å². The zero-order valence-electron chi connectivity index (χ0n) is 10.1. The van der Waals surface area contributed by atoms with Crippen LogP contribution in [0.25, 0.3) is 22.4 Å². The van der Waals surface area contributed by atoms with Gasteiger partial charge in [0.15, 0.2) is 5.65 Å². The molecule has 2 N–H and O–H groups in total. The van der Waals surface area contributed by atoms with Gasteiger partial charge in [0.05, 0.1) is 23.7 Å². The largest absolute Gasteiger partial charge is 0.387 e. The molecule has 1 unspecified atom stereocenters. The second-order valence-electron chi connectivity index (χ2n) is 4.24. The minimum absolute atomic E-state index is 0.321. The first-order valence-electron chi connectivity index (χ1n) is 5.80. The lowest BCUT2D eigenvalue weighted by Gasteiger charge is -2.10. The Bertz CT molecular complexity index is 721. The summed E-state index contributed by atoms with van der Waals surface area (Å²) in [5.74, 6) is -0.321. The Balaban J connectivity index is 2.25.